The fourth-order valence-corrected chi connectivity index (χ4v) is 1.83. The summed E-state index contributed by atoms with van der Waals surface area (Å²) in [6, 6.07) is 11.1. The van der Waals surface area contributed by atoms with Crippen LogP contribution in [0.2, 0.25) is 0 Å². The lowest BCUT2D eigenvalue weighted by Crippen LogP contribution is -1.97. The van der Waals surface area contributed by atoms with Gasteiger partial charge in [-0.2, -0.15) is 0 Å². The molecule has 1 N–H and O–H groups in total. The van der Waals surface area contributed by atoms with E-state index in [0.717, 1.165) is 4.47 Å². The van der Waals surface area contributed by atoms with Gasteiger partial charge in [0.15, 0.2) is 0 Å². The fraction of sp³-hybridized carbons (Fsp3) is 0.154. The average molecular weight is 294 g/mol. The third-order valence-electron chi connectivity index (χ3n) is 2.26. The number of halogens is 1. The van der Waals surface area contributed by atoms with E-state index >= 15 is 0 Å². The van der Waals surface area contributed by atoms with Crippen molar-refractivity contribution in [3.63, 3.8) is 0 Å². The van der Waals surface area contributed by atoms with Crippen molar-refractivity contribution in [1.82, 2.24) is 4.98 Å². The second-order valence-corrected chi connectivity index (χ2v) is 4.55. The molecule has 0 radical (unpaired) electrons. The molecule has 3 nitrogen and oxygen atoms in total. The number of nitrogens with zero attached hydrogens (tertiary/aromatic N) is 1. The van der Waals surface area contributed by atoms with Gasteiger partial charge >= 0.3 is 0 Å². The molecular formula is C13H12BrNO2. The number of hydrogen-bond donors (Lipinski definition) is 1. The van der Waals surface area contributed by atoms with Crippen LogP contribution >= 0.6 is 15.9 Å². The summed E-state index contributed by atoms with van der Waals surface area (Å²) < 4.78 is 6.59. The number of hydrogen-bond acceptors (Lipinski definition) is 3. The lowest BCUT2D eigenvalue weighted by molar-refractivity contribution is 0.194. The molecule has 4 heteroatoms. The Kier molecular flexibility index (Phi) is 3.76. The zero-order chi connectivity index (χ0) is 12.3. The van der Waals surface area contributed by atoms with Crippen LogP contribution in [0.1, 0.15) is 18.6 Å². The third-order valence-corrected chi connectivity index (χ3v) is 2.75. The molecule has 2 aromatic rings. The Hall–Kier alpha value is -1.39. The van der Waals surface area contributed by atoms with E-state index in [1.54, 1.807) is 25.3 Å². The smallest absolute Gasteiger partial charge is 0.225 e. The number of pyridine rings is 1. The number of aliphatic hydroxyl groups excluding tert-OH is 1. The normalized spacial score (nSPS) is 12.2. The van der Waals surface area contributed by atoms with E-state index in [1.165, 1.54) is 0 Å². The first-order valence-corrected chi connectivity index (χ1v) is 6.02. The van der Waals surface area contributed by atoms with E-state index in [-0.39, 0.29) is 0 Å². The van der Waals surface area contributed by atoms with E-state index in [4.69, 9.17) is 4.74 Å². The van der Waals surface area contributed by atoms with Crippen LogP contribution in [0.25, 0.3) is 0 Å². The van der Waals surface area contributed by atoms with Gasteiger partial charge in [-0.3, -0.25) is 0 Å². The fourth-order valence-electron chi connectivity index (χ4n) is 1.45. The summed E-state index contributed by atoms with van der Waals surface area (Å²) in [5.74, 6) is 1.11. The minimum Gasteiger partial charge on any atom is -0.439 e. The van der Waals surface area contributed by atoms with Crippen molar-refractivity contribution < 1.29 is 9.84 Å². The van der Waals surface area contributed by atoms with Crippen molar-refractivity contribution in [2.75, 3.05) is 0 Å². The Labute approximate surface area is 108 Å². The largest absolute Gasteiger partial charge is 0.439 e. The van der Waals surface area contributed by atoms with Crippen LogP contribution in [0.4, 0.5) is 0 Å². The third kappa shape index (κ3) is 3.05. The van der Waals surface area contributed by atoms with Gasteiger partial charge in [-0.05, 0) is 37.3 Å². The molecule has 88 valence electrons. The van der Waals surface area contributed by atoms with Crippen molar-refractivity contribution in [2.24, 2.45) is 0 Å². The molecule has 0 aliphatic rings. The minimum atomic E-state index is -0.606. The molecule has 0 saturated heterocycles. The van der Waals surface area contributed by atoms with E-state index < -0.39 is 6.10 Å². The van der Waals surface area contributed by atoms with Crippen LogP contribution in [0.15, 0.2) is 47.1 Å². The van der Waals surface area contributed by atoms with Gasteiger partial charge in [0.25, 0.3) is 0 Å². The molecule has 0 fully saturated rings. The number of ether oxygens (including phenoxy) is 1. The monoisotopic (exact) mass is 293 g/mol. The first kappa shape index (κ1) is 12.1. The molecule has 2 rings (SSSR count). The second-order valence-electron chi connectivity index (χ2n) is 3.63. The van der Waals surface area contributed by atoms with Crippen LogP contribution in [0.3, 0.4) is 0 Å². The topological polar surface area (TPSA) is 42.4 Å². The van der Waals surface area contributed by atoms with Crippen molar-refractivity contribution in [2.45, 2.75) is 13.0 Å². The zero-order valence-corrected chi connectivity index (χ0v) is 10.9. The SMILES string of the molecule is CC(O)c1cccnc1Oc1cccc(Br)c1. The highest BCUT2D eigenvalue weighted by molar-refractivity contribution is 9.10. The van der Waals surface area contributed by atoms with E-state index in [1.807, 2.05) is 24.3 Å². The molecule has 17 heavy (non-hydrogen) atoms. The van der Waals surface area contributed by atoms with E-state index in [9.17, 15) is 5.11 Å². The van der Waals surface area contributed by atoms with Crippen molar-refractivity contribution >= 4 is 15.9 Å². The second kappa shape index (κ2) is 5.29. The van der Waals surface area contributed by atoms with Crippen LogP contribution in [0.5, 0.6) is 11.6 Å². The highest BCUT2D eigenvalue weighted by Gasteiger charge is 2.10. The highest BCUT2D eigenvalue weighted by atomic mass is 79.9. The molecule has 0 aliphatic carbocycles. The highest BCUT2D eigenvalue weighted by Crippen LogP contribution is 2.28. The maximum absolute atomic E-state index is 9.61. The van der Waals surface area contributed by atoms with E-state index in [2.05, 4.69) is 20.9 Å². The summed E-state index contributed by atoms with van der Waals surface area (Å²) in [4.78, 5) is 4.13. The number of rotatable bonds is 3. The van der Waals surface area contributed by atoms with Gasteiger partial charge in [0.2, 0.25) is 5.88 Å². The molecule has 1 atom stereocenters. The van der Waals surface area contributed by atoms with Gasteiger partial charge in [0.05, 0.1) is 6.10 Å². The Morgan fingerprint density at radius 1 is 1.29 bits per heavy atom. The van der Waals surface area contributed by atoms with E-state index in [0.29, 0.717) is 17.2 Å². The summed E-state index contributed by atoms with van der Waals surface area (Å²) in [5, 5.41) is 9.61. The van der Waals surface area contributed by atoms with Gasteiger partial charge < -0.3 is 9.84 Å². The standard InChI is InChI=1S/C13H12BrNO2/c1-9(16)12-6-3-7-15-13(12)17-11-5-2-4-10(14)8-11/h2-9,16H,1H3. The van der Waals surface area contributed by atoms with Crippen LogP contribution in [0, 0.1) is 0 Å². The molecule has 1 aromatic carbocycles. The lowest BCUT2D eigenvalue weighted by Gasteiger charge is -2.11. The van der Waals surface area contributed by atoms with Gasteiger partial charge in [-0.1, -0.05) is 22.0 Å². The Morgan fingerprint density at radius 3 is 2.82 bits per heavy atom. The van der Waals surface area contributed by atoms with Gasteiger partial charge in [0.1, 0.15) is 5.75 Å². The maximum Gasteiger partial charge on any atom is 0.225 e. The summed E-state index contributed by atoms with van der Waals surface area (Å²) >= 11 is 3.37. The summed E-state index contributed by atoms with van der Waals surface area (Å²) in [7, 11) is 0. The summed E-state index contributed by atoms with van der Waals surface area (Å²) in [6.07, 6.45) is 1.03. The minimum absolute atomic E-state index is 0.431. The van der Waals surface area contributed by atoms with Gasteiger partial charge in [0, 0.05) is 16.2 Å². The quantitative estimate of drug-likeness (QED) is 0.938. The van der Waals surface area contributed by atoms with Gasteiger partial charge in [-0.15, -0.1) is 0 Å². The number of aliphatic hydroxyl groups is 1. The maximum atomic E-state index is 9.61. The van der Waals surface area contributed by atoms with Gasteiger partial charge in [-0.25, -0.2) is 4.98 Å². The molecule has 0 bridgehead atoms. The molecule has 0 spiro atoms. The molecule has 0 aliphatic heterocycles. The molecule has 1 aromatic heterocycles. The van der Waals surface area contributed by atoms with Crippen LogP contribution in [-0.4, -0.2) is 10.1 Å². The molecule has 1 heterocycles. The first-order valence-electron chi connectivity index (χ1n) is 5.23. The van der Waals surface area contributed by atoms with Crippen molar-refractivity contribution in [3.8, 4) is 11.6 Å². The van der Waals surface area contributed by atoms with Crippen molar-refractivity contribution in [1.29, 1.82) is 0 Å². The molecular weight excluding hydrogens is 282 g/mol. The molecule has 0 saturated carbocycles. The zero-order valence-electron chi connectivity index (χ0n) is 9.30. The Morgan fingerprint density at radius 2 is 2.12 bits per heavy atom. The summed E-state index contributed by atoms with van der Waals surface area (Å²) in [5.41, 5.74) is 0.674. The Balaban J connectivity index is 2.30. The predicted molar refractivity (Wildman–Crippen MR) is 69.1 cm³/mol. The summed E-state index contributed by atoms with van der Waals surface area (Å²) in [6.45, 7) is 1.69. The number of aromatic nitrogens is 1. The van der Waals surface area contributed by atoms with Crippen LogP contribution < -0.4 is 4.74 Å². The van der Waals surface area contributed by atoms with Crippen LogP contribution in [-0.2, 0) is 0 Å². The first-order chi connectivity index (χ1) is 8.16. The molecule has 1 unspecified atom stereocenters. The lowest BCUT2D eigenvalue weighted by atomic mass is 10.2. The average Bonchev–Trinajstić information content (AvgIpc) is 2.29. The Bertz CT molecular complexity index is 514. The molecule has 0 amide bonds. The van der Waals surface area contributed by atoms with Crippen molar-refractivity contribution in [3.05, 3.63) is 52.6 Å². The number of benzene rings is 1. The predicted octanol–water partition coefficient (Wildman–Crippen LogP) is 3.69.